The molecule has 0 aliphatic carbocycles. The van der Waals surface area contributed by atoms with Crippen molar-refractivity contribution in [3.05, 3.63) is 33.6 Å². The highest BCUT2D eigenvalue weighted by atomic mass is 32.1. The van der Waals surface area contributed by atoms with E-state index in [1.807, 2.05) is 11.3 Å². The second kappa shape index (κ2) is 5.69. The Kier molecular flexibility index (Phi) is 4.02. The second-order valence-corrected chi connectivity index (χ2v) is 8.57. The van der Waals surface area contributed by atoms with Crippen molar-refractivity contribution in [3.8, 4) is 11.3 Å². The van der Waals surface area contributed by atoms with Gasteiger partial charge in [-0.3, -0.25) is 0 Å². The van der Waals surface area contributed by atoms with Gasteiger partial charge in [0.2, 0.25) is 0 Å². The summed E-state index contributed by atoms with van der Waals surface area (Å²) in [5.41, 5.74) is 5.29. The maximum Gasteiger partial charge on any atom is 0.0988 e. The van der Waals surface area contributed by atoms with Crippen LogP contribution in [0.3, 0.4) is 0 Å². The summed E-state index contributed by atoms with van der Waals surface area (Å²) in [7, 11) is 0. The summed E-state index contributed by atoms with van der Waals surface area (Å²) in [6.07, 6.45) is 2.64. The molecular formula is C19H26N2S. The fraction of sp³-hybridized carbons (Fsp3) is 0.526. The van der Waals surface area contributed by atoms with E-state index in [0.717, 1.165) is 5.69 Å². The molecule has 1 aliphatic rings. The smallest absolute Gasteiger partial charge is 0.0988 e. The molecule has 22 heavy (non-hydrogen) atoms. The largest absolute Gasteiger partial charge is 0.371 e. The van der Waals surface area contributed by atoms with E-state index in [1.54, 1.807) is 0 Å². The highest BCUT2D eigenvalue weighted by Gasteiger charge is 2.21. The van der Waals surface area contributed by atoms with Crippen molar-refractivity contribution in [2.75, 3.05) is 18.0 Å². The first-order valence-corrected chi connectivity index (χ1v) is 9.02. The molecule has 3 rings (SSSR count). The summed E-state index contributed by atoms with van der Waals surface area (Å²) in [4.78, 5) is 8.75. The summed E-state index contributed by atoms with van der Waals surface area (Å²) < 4.78 is 0. The maximum atomic E-state index is 4.92. The molecule has 3 heteroatoms. The van der Waals surface area contributed by atoms with Crippen molar-refractivity contribution in [2.45, 2.75) is 52.9 Å². The SMILES string of the molecule is Cc1cc(-c2nc(C(C)(C)C)sc2C)ccc1N1CCCC1. The maximum absolute atomic E-state index is 4.92. The predicted molar refractivity (Wildman–Crippen MR) is 97.2 cm³/mol. The average Bonchev–Trinajstić information content (AvgIpc) is 3.07. The van der Waals surface area contributed by atoms with Crippen molar-refractivity contribution in [1.82, 2.24) is 4.98 Å². The number of nitrogens with zero attached hydrogens (tertiary/aromatic N) is 2. The molecular weight excluding hydrogens is 288 g/mol. The summed E-state index contributed by atoms with van der Waals surface area (Å²) in [6, 6.07) is 6.84. The number of thiazole rings is 1. The van der Waals surface area contributed by atoms with Crippen molar-refractivity contribution >= 4 is 17.0 Å². The molecule has 0 N–H and O–H groups in total. The third-order valence-electron chi connectivity index (χ3n) is 4.36. The Labute approximate surface area is 138 Å². The highest BCUT2D eigenvalue weighted by molar-refractivity contribution is 7.12. The lowest BCUT2D eigenvalue weighted by molar-refractivity contribution is 0.586. The highest BCUT2D eigenvalue weighted by Crippen LogP contribution is 2.35. The van der Waals surface area contributed by atoms with Gasteiger partial charge in [0.25, 0.3) is 0 Å². The van der Waals surface area contributed by atoms with Gasteiger partial charge in [-0.15, -0.1) is 11.3 Å². The second-order valence-electron chi connectivity index (χ2n) is 7.37. The molecule has 2 heterocycles. The van der Waals surface area contributed by atoms with Crippen LogP contribution in [0.1, 0.15) is 49.1 Å². The molecule has 0 radical (unpaired) electrons. The molecule has 0 bridgehead atoms. The third-order valence-corrected chi connectivity index (χ3v) is 5.75. The van der Waals surface area contributed by atoms with Crippen LogP contribution in [-0.4, -0.2) is 18.1 Å². The Morgan fingerprint density at radius 3 is 2.32 bits per heavy atom. The summed E-state index contributed by atoms with van der Waals surface area (Å²) >= 11 is 1.83. The molecule has 1 aliphatic heterocycles. The Morgan fingerprint density at radius 1 is 1.09 bits per heavy atom. The molecule has 1 fully saturated rings. The monoisotopic (exact) mass is 314 g/mol. The number of hydrogen-bond donors (Lipinski definition) is 0. The van der Waals surface area contributed by atoms with Gasteiger partial charge < -0.3 is 4.90 Å². The number of hydrogen-bond acceptors (Lipinski definition) is 3. The Morgan fingerprint density at radius 2 is 1.77 bits per heavy atom. The number of aryl methyl sites for hydroxylation is 2. The number of rotatable bonds is 2. The van der Waals surface area contributed by atoms with Gasteiger partial charge in [-0.1, -0.05) is 26.8 Å². The van der Waals surface area contributed by atoms with Crippen LogP contribution in [0.5, 0.6) is 0 Å². The van der Waals surface area contributed by atoms with Crippen LogP contribution in [0, 0.1) is 13.8 Å². The third kappa shape index (κ3) is 2.91. The minimum absolute atomic E-state index is 0.123. The van der Waals surface area contributed by atoms with Gasteiger partial charge in [0, 0.05) is 34.6 Å². The molecule has 118 valence electrons. The summed E-state index contributed by atoms with van der Waals surface area (Å²) in [5.74, 6) is 0. The Balaban J connectivity index is 1.96. The Bertz CT molecular complexity index is 673. The van der Waals surface area contributed by atoms with Gasteiger partial charge in [-0.2, -0.15) is 0 Å². The lowest BCUT2D eigenvalue weighted by Gasteiger charge is -2.20. The van der Waals surface area contributed by atoms with E-state index in [0.29, 0.717) is 0 Å². The molecule has 2 aromatic rings. The van der Waals surface area contributed by atoms with Crippen molar-refractivity contribution in [1.29, 1.82) is 0 Å². The minimum atomic E-state index is 0.123. The van der Waals surface area contributed by atoms with E-state index >= 15 is 0 Å². The molecule has 0 saturated carbocycles. The predicted octanol–water partition coefficient (Wildman–Crippen LogP) is 5.32. The topological polar surface area (TPSA) is 16.1 Å². The number of benzene rings is 1. The van der Waals surface area contributed by atoms with Gasteiger partial charge in [0.1, 0.15) is 0 Å². The molecule has 0 unspecified atom stereocenters. The van der Waals surface area contributed by atoms with E-state index in [2.05, 4.69) is 57.7 Å². The first-order chi connectivity index (χ1) is 10.4. The quantitative estimate of drug-likeness (QED) is 0.745. The van der Waals surface area contributed by atoms with Gasteiger partial charge in [0.05, 0.1) is 10.7 Å². The van der Waals surface area contributed by atoms with E-state index in [-0.39, 0.29) is 5.41 Å². The van der Waals surface area contributed by atoms with Crippen LogP contribution in [0.4, 0.5) is 5.69 Å². The molecule has 0 amide bonds. The molecule has 1 aromatic heterocycles. The molecule has 1 saturated heterocycles. The normalized spacial score (nSPS) is 15.6. The Hall–Kier alpha value is -1.35. The number of anilines is 1. The zero-order valence-electron chi connectivity index (χ0n) is 14.4. The van der Waals surface area contributed by atoms with Gasteiger partial charge in [-0.25, -0.2) is 4.98 Å². The van der Waals surface area contributed by atoms with Crippen molar-refractivity contribution < 1.29 is 0 Å². The first kappa shape index (κ1) is 15.5. The van der Waals surface area contributed by atoms with Crippen LogP contribution in [0.25, 0.3) is 11.3 Å². The molecule has 0 spiro atoms. The lowest BCUT2D eigenvalue weighted by atomic mass is 9.98. The van der Waals surface area contributed by atoms with Crippen molar-refractivity contribution in [2.24, 2.45) is 0 Å². The van der Waals surface area contributed by atoms with E-state index in [4.69, 9.17) is 4.98 Å². The molecule has 1 aromatic carbocycles. The number of aromatic nitrogens is 1. The van der Waals surface area contributed by atoms with Crippen LogP contribution in [0.2, 0.25) is 0 Å². The molecule has 0 atom stereocenters. The zero-order chi connectivity index (χ0) is 15.9. The van der Waals surface area contributed by atoms with Gasteiger partial charge >= 0.3 is 0 Å². The van der Waals surface area contributed by atoms with Crippen molar-refractivity contribution in [3.63, 3.8) is 0 Å². The van der Waals surface area contributed by atoms with Gasteiger partial charge in [0.15, 0.2) is 0 Å². The van der Waals surface area contributed by atoms with Crippen LogP contribution in [-0.2, 0) is 5.41 Å². The van der Waals surface area contributed by atoms with Gasteiger partial charge in [-0.05, 0) is 44.4 Å². The van der Waals surface area contributed by atoms with E-state index in [1.165, 1.54) is 52.6 Å². The molecule has 2 nitrogen and oxygen atoms in total. The summed E-state index contributed by atoms with van der Waals surface area (Å²) in [6.45, 7) is 13.5. The fourth-order valence-corrected chi connectivity index (χ4v) is 4.09. The van der Waals surface area contributed by atoms with Crippen LogP contribution >= 0.6 is 11.3 Å². The fourth-order valence-electron chi connectivity index (χ4n) is 3.10. The standard InChI is InChI=1S/C19H26N2S/c1-13-12-15(8-9-16(13)21-10-6-7-11-21)17-14(2)22-18(20-17)19(3,4)5/h8-9,12H,6-7,10-11H2,1-5H3. The average molecular weight is 314 g/mol. The summed E-state index contributed by atoms with van der Waals surface area (Å²) in [5, 5.41) is 1.22. The zero-order valence-corrected chi connectivity index (χ0v) is 15.2. The first-order valence-electron chi connectivity index (χ1n) is 8.20. The van der Waals surface area contributed by atoms with E-state index < -0.39 is 0 Å². The van der Waals surface area contributed by atoms with Crippen LogP contribution in [0.15, 0.2) is 18.2 Å². The minimum Gasteiger partial charge on any atom is -0.371 e. The lowest BCUT2D eigenvalue weighted by Crippen LogP contribution is -2.18. The van der Waals surface area contributed by atoms with Crippen LogP contribution < -0.4 is 4.90 Å². The van der Waals surface area contributed by atoms with E-state index in [9.17, 15) is 0 Å².